The van der Waals surface area contributed by atoms with Gasteiger partial charge < -0.3 is 8.37 Å². The smallest absolute Gasteiger partial charge is 0.380 e. The number of benzene rings is 3. The Labute approximate surface area is 864 Å². The maximum Gasteiger partial charge on any atom is 0.534 e. The first-order valence-electron chi connectivity index (χ1n) is 58.2. The van der Waals surface area contributed by atoms with Gasteiger partial charge in [0.05, 0.1) is 0 Å². The van der Waals surface area contributed by atoms with Crippen LogP contribution in [0.3, 0.4) is 0 Å². The molecular formula is C126H171F6N3O8S2. The highest BCUT2D eigenvalue weighted by Gasteiger charge is 2.64. The standard InChI is InChI=1S/C28H35N.2C20H29F3O3S.2C19H30O.2C10H9N/c1-18-3-7-23-20(15-18)6-8-25-24(23)11-13-28(2)26(9-10-27(25)28)21-5-4-19-12-14-29-17-22(19)16-21;2*1-12-3-5-14-13(11-12)4-6-16-15(14)9-10-19(2)17(16)7-8-18(19)26-27(24,25)20(21,22)23;2*1-12-3-5-14-13(11-12)4-6-16-15(14)9-10-19(2)17(16)7-8-18(19)20;2*1-8-2-3-9-4-5-11-7-10(9)6-8/h4-5,9,12,14,16-18,20,23-25,27H,3,6-8,10-11,13,15H2,1-2H3;2*8,12-17H,3-7,9-11H2,1-2H3;2*12-17H,3-11H2,1-2H3;2*2-7H,1H3/t18-,20+,23+,24-,25-,27+,28-;12-,13+,14+,15-,16-,17+,19+;12-,13-,14-,15+,16+,17-,19-;12-,13+,14+,15-,16-,17+,19+;12-,13-,14-,15+,16+,17-,19-;;/m11010../s1. The first kappa shape index (κ1) is 106. The molecule has 20 aliphatic carbocycles. The molecule has 20 aliphatic rings. The number of fused-ring (bicyclic) bond motifs is 28. The molecule has 3 heterocycles. The molecule has 11 nitrogen and oxygen atoms in total. The summed E-state index contributed by atoms with van der Waals surface area (Å²) in [6.07, 6.45) is 70.0. The van der Waals surface area contributed by atoms with Crippen molar-refractivity contribution in [3.8, 4) is 0 Å². The number of ketones is 2. The van der Waals surface area contributed by atoms with Crippen molar-refractivity contribution in [3.05, 3.63) is 156 Å². The molecule has 0 radical (unpaired) electrons. The number of Topliss-reactive ketones (excluding diaryl/α,β-unsaturated/α-hetero) is 2. The number of halogens is 6. The van der Waals surface area contributed by atoms with E-state index >= 15 is 0 Å². The van der Waals surface area contributed by atoms with Crippen molar-refractivity contribution >= 4 is 69.7 Å². The molecule has 0 bridgehead atoms. The third-order valence-electron chi connectivity index (χ3n) is 45.6. The fraction of sp³-hybridized carbons (Fsp3) is 0.722. The summed E-state index contributed by atoms with van der Waals surface area (Å²) < 4.78 is 132. The molecule has 3 aromatic heterocycles. The summed E-state index contributed by atoms with van der Waals surface area (Å²) in [7, 11) is -11.2. The zero-order valence-electron chi connectivity index (χ0n) is 89.3. The number of allylic oxidation sites excluding steroid dienone is 6. The molecule has 3 aromatic carbocycles. The lowest BCUT2D eigenvalue weighted by Crippen LogP contribution is -2.48. The van der Waals surface area contributed by atoms with Crippen molar-refractivity contribution in [2.75, 3.05) is 0 Å². The zero-order chi connectivity index (χ0) is 102. The second-order valence-corrected chi connectivity index (χ2v) is 56.4. The first-order chi connectivity index (χ1) is 69.1. The van der Waals surface area contributed by atoms with E-state index in [0.29, 0.717) is 53.5 Å². The van der Waals surface area contributed by atoms with E-state index in [1.807, 2.05) is 63.2 Å². The molecule has 17 saturated carbocycles. The van der Waals surface area contributed by atoms with Crippen LogP contribution < -0.4 is 0 Å². The Balaban J connectivity index is 0.000000105. The number of aryl methyl sites for hydroxylation is 2. The van der Waals surface area contributed by atoms with Gasteiger partial charge in [0.15, 0.2) is 0 Å². The minimum absolute atomic E-state index is 0.0302. The third kappa shape index (κ3) is 20.6. The van der Waals surface area contributed by atoms with Crippen LogP contribution in [0.2, 0.25) is 0 Å². The van der Waals surface area contributed by atoms with Gasteiger partial charge in [0.25, 0.3) is 0 Å². The van der Waals surface area contributed by atoms with Crippen molar-refractivity contribution in [3.63, 3.8) is 0 Å². The Morgan fingerprint density at radius 3 is 0.897 bits per heavy atom. The molecule has 0 unspecified atom stereocenters. The number of nitrogens with zero attached hydrogens (tertiary/aromatic N) is 3. The number of pyridine rings is 3. The number of rotatable bonds is 5. The number of hydrogen-bond acceptors (Lipinski definition) is 11. The normalized spacial score (nSPS) is 41.7. The Kier molecular flexibility index (Phi) is 30.5. The van der Waals surface area contributed by atoms with Crippen LogP contribution >= 0.6 is 0 Å². The fourth-order valence-corrected chi connectivity index (χ4v) is 39.5. The molecule has 35 atom stereocenters. The summed E-state index contributed by atoms with van der Waals surface area (Å²) in [6.45, 7) is 27.3. The summed E-state index contributed by atoms with van der Waals surface area (Å²) in [5.74, 6) is 25.8. The Morgan fingerprint density at radius 1 is 0.297 bits per heavy atom. The summed E-state index contributed by atoms with van der Waals surface area (Å²) in [5, 5.41) is 7.53. The summed E-state index contributed by atoms with van der Waals surface area (Å²) in [5.41, 5.74) is -5.73. The van der Waals surface area contributed by atoms with Crippen LogP contribution in [0.1, 0.15) is 356 Å². The van der Waals surface area contributed by atoms with E-state index in [-0.39, 0.29) is 34.2 Å². The molecule has 0 amide bonds. The summed E-state index contributed by atoms with van der Waals surface area (Å²) in [6, 6.07) is 26.0. The van der Waals surface area contributed by atoms with Crippen molar-refractivity contribution in [1.82, 2.24) is 15.0 Å². The van der Waals surface area contributed by atoms with Crippen molar-refractivity contribution in [1.29, 1.82) is 0 Å². The topological polar surface area (TPSA) is 160 Å². The van der Waals surface area contributed by atoms with Gasteiger partial charge in [0.1, 0.15) is 23.1 Å². The first-order valence-corrected chi connectivity index (χ1v) is 61.1. The average molecular weight is 2030 g/mol. The van der Waals surface area contributed by atoms with Crippen LogP contribution in [0.15, 0.2) is 140 Å². The fourth-order valence-electron chi connectivity index (χ4n) is 38.3. The second kappa shape index (κ2) is 41.8. The van der Waals surface area contributed by atoms with Crippen LogP contribution in [-0.4, -0.2) is 54.4 Å². The van der Waals surface area contributed by atoms with E-state index in [9.17, 15) is 52.8 Å². The van der Waals surface area contributed by atoms with Gasteiger partial charge in [-0.15, -0.1) is 0 Å². The van der Waals surface area contributed by atoms with E-state index < -0.39 is 42.1 Å². The van der Waals surface area contributed by atoms with Gasteiger partial charge in [0.2, 0.25) is 0 Å². The molecule has 17 fully saturated rings. The highest BCUT2D eigenvalue weighted by molar-refractivity contribution is 7.88. The van der Waals surface area contributed by atoms with Crippen LogP contribution in [0, 0.1) is 218 Å². The van der Waals surface area contributed by atoms with Crippen LogP contribution in [0.25, 0.3) is 37.9 Å². The third-order valence-corrected chi connectivity index (χ3v) is 47.5. The second-order valence-electron chi connectivity index (χ2n) is 53.3. The van der Waals surface area contributed by atoms with Crippen molar-refractivity contribution in [2.45, 2.75) is 364 Å². The quantitative estimate of drug-likeness (QED) is 0.0918. The molecular weight excluding hydrogens is 1860 g/mol. The van der Waals surface area contributed by atoms with Gasteiger partial charge in [-0.05, 0) is 497 Å². The van der Waals surface area contributed by atoms with Crippen LogP contribution in [0.5, 0.6) is 0 Å². The van der Waals surface area contributed by atoms with E-state index in [1.54, 1.807) is 17.7 Å². The number of carbonyl (C=O) groups excluding carboxylic acids is 2. The highest BCUT2D eigenvalue weighted by Crippen LogP contribution is 2.70. The van der Waals surface area contributed by atoms with Gasteiger partial charge >= 0.3 is 31.3 Å². The van der Waals surface area contributed by atoms with Gasteiger partial charge in [-0.1, -0.05) is 155 Å². The predicted molar refractivity (Wildman–Crippen MR) is 568 cm³/mol. The van der Waals surface area contributed by atoms with Crippen LogP contribution in [-0.2, 0) is 38.2 Å². The largest absolute Gasteiger partial charge is 0.534 e. The molecule has 0 spiro atoms. The minimum atomic E-state index is -5.59. The minimum Gasteiger partial charge on any atom is -0.380 e. The monoisotopic (exact) mass is 2030 g/mol. The Morgan fingerprint density at radius 2 is 0.572 bits per heavy atom. The van der Waals surface area contributed by atoms with Crippen molar-refractivity contribution < 1.29 is 61.1 Å². The summed E-state index contributed by atoms with van der Waals surface area (Å²) in [4.78, 5) is 37.1. The highest BCUT2D eigenvalue weighted by atomic mass is 32.2. The summed E-state index contributed by atoms with van der Waals surface area (Å²) >= 11 is 0. The predicted octanol–water partition coefficient (Wildman–Crippen LogP) is 33.6. The van der Waals surface area contributed by atoms with Gasteiger partial charge in [-0.3, -0.25) is 24.5 Å². The average Bonchev–Trinajstić information content (AvgIpc) is 2.02. The molecule has 6 aromatic rings. The molecule has 145 heavy (non-hydrogen) atoms. The van der Waals surface area contributed by atoms with Gasteiger partial charge in [-0.25, -0.2) is 0 Å². The van der Waals surface area contributed by atoms with E-state index in [1.165, 1.54) is 254 Å². The molecule has 0 N–H and O–H groups in total. The van der Waals surface area contributed by atoms with Gasteiger partial charge in [-0.2, -0.15) is 43.2 Å². The number of alkyl halides is 6. The molecule has 792 valence electrons. The van der Waals surface area contributed by atoms with Crippen molar-refractivity contribution in [2.24, 2.45) is 205 Å². The lowest BCUT2D eigenvalue weighted by atomic mass is 9.49. The number of aromatic nitrogens is 3. The lowest BCUT2D eigenvalue weighted by molar-refractivity contribution is -0.133. The lowest BCUT2D eigenvalue weighted by Gasteiger charge is -2.56. The Hall–Kier alpha value is -6.47. The maximum absolute atomic E-state index is 12.8. The molecule has 26 rings (SSSR count). The molecule has 0 aliphatic heterocycles. The van der Waals surface area contributed by atoms with E-state index in [4.69, 9.17) is 0 Å². The van der Waals surface area contributed by atoms with E-state index in [0.717, 1.165) is 193 Å². The number of hydrogen-bond donors (Lipinski definition) is 0. The molecule has 19 heteroatoms. The number of carbonyl (C=O) groups is 2. The van der Waals surface area contributed by atoms with Gasteiger partial charge in [0, 0.05) is 87.8 Å². The van der Waals surface area contributed by atoms with Crippen LogP contribution in [0.4, 0.5) is 26.3 Å². The maximum atomic E-state index is 12.8. The zero-order valence-corrected chi connectivity index (χ0v) is 91.0. The van der Waals surface area contributed by atoms with E-state index in [2.05, 4.69) is 159 Å². The SMILES string of the molecule is C[C@@H]1CC[C@H]2[C@@H](CC[C@@H]3[C@@H]2CC[C@]2(C)C(=O)CC[C@@H]32)C1.C[C@@H]1CC[C@H]2[C@@H](CC[C@@H]3[C@@H]2CC[C@]2(C)C(OS(=O)(=O)C(F)(F)F)=CC[C@@H]32)C1.C[C@@H]1CC[C@H]2[C@@H](CC[C@@H]3[C@@H]2CC[C@]2(C)C(c4ccc5ccncc5c4)=CC[C@@H]32)C1.C[C@H]1CC[C@H]2[C@@H](CC[C@@H]3[C@@H]2CC[C@]2(C)C(=O)CC[C@@H]32)C1.C[C@H]1CC[C@H]2[C@@H](CC[C@@H]3[C@@H]2CC[C@]2(C)C(OS(=O)(=O)C(F)(F)F)=CC[C@@H]32)C1.Cc1ccc2ccncc2c1.Cc1ccc2ccncc2c1. The molecule has 0 saturated heterocycles. The Bertz CT molecular complexity index is 5710.